The molecule has 4 heteroatoms. The summed E-state index contributed by atoms with van der Waals surface area (Å²) in [4.78, 5) is 20.1. The summed E-state index contributed by atoms with van der Waals surface area (Å²) in [6.07, 6.45) is 0.962. The predicted molar refractivity (Wildman–Crippen MR) is 40.9 cm³/mol. The molecule has 0 bridgehead atoms. The number of rotatable bonds is 4. The summed E-state index contributed by atoms with van der Waals surface area (Å²) in [7, 11) is 0. The number of carbonyl (C=O) groups excluding carboxylic acids is 1. The lowest BCUT2D eigenvalue weighted by atomic mass is 9.88. The van der Waals surface area contributed by atoms with E-state index in [2.05, 4.69) is 0 Å². The number of carbonyl (C=O) groups is 1. The minimum Gasteiger partial charge on any atom is -0.303 e. The molecule has 0 radical (unpaired) electrons. The molecular formula is C7H13NO3. The summed E-state index contributed by atoms with van der Waals surface area (Å²) >= 11 is 0. The molecule has 0 spiro atoms. The molecule has 0 aliphatic rings. The summed E-state index contributed by atoms with van der Waals surface area (Å²) < 4.78 is 0. The Morgan fingerprint density at radius 3 is 2.36 bits per heavy atom. The lowest BCUT2D eigenvalue weighted by molar-refractivity contribution is -0.570. The number of hydrogen-bond donors (Lipinski definition) is 0. The topological polar surface area (TPSA) is 60.2 Å². The summed E-state index contributed by atoms with van der Waals surface area (Å²) in [5, 5.41) is 10.4. The van der Waals surface area contributed by atoms with Crippen molar-refractivity contribution in [1.29, 1.82) is 0 Å². The van der Waals surface area contributed by atoms with Crippen LogP contribution in [-0.4, -0.2) is 16.7 Å². The third kappa shape index (κ3) is 2.29. The van der Waals surface area contributed by atoms with Crippen LogP contribution in [0.3, 0.4) is 0 Å². The van der Waals surface area contributed by atoms with Crippen LogP contribution in [0.4, 0.5) is 0 Å². The maximum absolute atomic E-state index is 10.4. The van der Waals surface area contributed by atoms with Gasteiger partial charge in [0.1, 0.15) is 6.29 Å². The Labute approximate surface area is 65.7 Å². The molecule has 4 nitrogen and oxygen atoms in total. The maximum atomic E-state index is 10.4. The molecule has 0 aliphatic carbocycles. The van der Waals surface area contributed by atoms with Crippen molar-refractivity contribution in [3.05, 3.63) is 10.1 Å². The third-order valence-corrected chi connectivity index (χ3v) is 2.13. The zero-order valence-corrected chi connectivity index (χ0v) is 7.03. The quantitative estimate of drug-likeness (QED) is 0.352. The molecule has 0 saturated carbocycles. The Kier molecular flexibility index (Phi) is 3.17. The fourth-order valence-corrected chi connectivity index (χ4v) is 0.613. The molecule has 0 aromatic heterocycles. The molecule has 0 N–H and O–H groups in total. The molecule has 0 fully saturated rings. The van der Waals surface area contributed by atoms with E-state index >= 15 is 0 Å². The van der Waals surface area contributed by atoms with E-state index in [-0.39, 0.29) is 17.3 Å². The van der Waals surface area contributed by atoms with E-state index in [0.717, 1.165) is 6.29 Å². The minimum atomic E-state index is -0.999. The van der Waals surface area contributed by atoms with Crippen LogP contribution in [-0.2, 0) is 4.79 Å². The van der Waals surface area contributed by atoms with E-state index in [1.54, 1.807) is 6.92 Å². The number of nitrogens with zero attached hydrogens (tertiary/aromatic N) is 1. The van der Waals surface area contributed by atoms with Crippen molar-refractivity contribution >= 4 is 6.29 Å². The van der Waals surface area contributed by atoms with E-state index in [4.69, 9.17) is 0 Å². The molecule has 1 atom stereocenters. The average molecular weight is 159 g/mol. The van der Waals surface area contributed by atoms with Crippen LogP contribution in [0.5, 0.6) is 0 Å². The van der Waals surface area contributed by atoms with Gasteiger partial charge in [0.2, 0.25) is 5.54 Å². The highest BCUT2D eigenvalue weighted by Gasteiger charge is 2.37. The van der Waals surface area contributed by atoms with Crippen molar-refractivity contribution in [3.63, 3.8) is 0 Å². The third-order valence-electron chi connectivity index (χ3n) is 2.13. The number of hydrogen-bond acceptors (Lipinski definition) is 3. The molecule has 0 aromatic rings. The monoisotopic (exact) mass is 159 g/mol. The summed E-state index contributed by atoms with van der Waals surface area (Å²) in [5.41, 5.74) is -0.999. The summed E-state index contributed by atoms with van der Waals surface area (Å²) in [5.74, 6) is -0.213. The van der Waals surface area contributed by atoms with Gasteiger partial charge in [0.15, 0.2) is 0 Å². The molecule has 0 rings (SSSR count). The Morgan fingerprint density at radius 2 is 2.09 bits per heavy atom. The Bertz CT molecular complexity index is 165. The molecule has 64 valence electrons. The zero-order chi connectivity index (χ0) is 9.07. The van der Waals surface area contributed by atoms with E-state index in [1.165, 1.54) is 13.8 Å². The van der Waals surface area contributed by atoms with Gasteiger partial charge in [-0.1, -0.05) is 6.92 Å². The Balaban J connectivity index is 4.28. The van der Waals surface area contributed by atoms with Crippen molar-refractivity contribution in [2.75, 3.05) is 0 Å². The SMILES string of the molecule is C[C@@H](CC=O)C(C)(C)[N+](=O)[O-]. The van der Waals surface area contributed by atoms with Gasteiger partial charge in [-0.15, -0.1) is 0 Å². The van der Waals surface area contributed by atoms with Gasteiger partial charge in [-0.3, -0.25) is 10.1 Å². The highest BCUT2D eigenvalue weighted by atomic mass is 16.6. The largest absolute Gasteiger partial charge is 0.303 e. The second-order valence-corrected chi connectivity index (χ2v) is 3.21. The predicted octanol–water partition coefficient (Wildman–Crippen LogP) is 1.27. The van der Waals surface area contributed by atoms with Crippen LogP contribution in [0.1, 0.15) is 27.2 Å². The number of aldehydes is 1. The fourth-order valence-electron chi connectivity index (χ4n) is 0.613. The van der Waals surface area contributed by atoms with Gasteiger partial charge in [0.05, 0.1) is 0 Å². The lowest BCUT2D eigenvalue weighted by Crippen LogP contribution is -2.38. The van der Waals surface area contributed by atoms with Gasteiger partial charge >= 0.3 is 0 Å². The van der Waals surface area contributed by atoms with E-state index in [1.807, 2.05) is 0 Å². The standard InChI is InChI=1S/C7H13NO3/c1-6(4-5-9)7(2,3)8(10)11/h5-6H,4H2,1-3H3/t6-/m0/s1. The van der Waals surface area contributed by atoms with Gasteiger partial charge in [-0.2, -0.15) is 0 Å². The Morgan fingerprint density at radius 1 is 1.64 bits per heavy atom. The lowest BCUT2D eigenvalue weighted by Gasteiger charge is -2.20. The first-order valence-electron chi connectivity index (χ1n) is 3.51. The summed E-state index contributed by atoms with van der Waals surface area (Å²) in [6, 6.07) is 0. The van der Waals surface area contributed by atoms with Gasteiger partial charge in [0, 0.05) is 31.1 Å². The van der Waals surface area contributed by atoms with Crippen LogP contribution in [0, 0.1) is 16.0 Å². The van der Waals surface area contributed by atoms with Crippen molar-refractivity contribution in [1.82, 2.24) is 0 Å². The molecule has 0 aromatic carbocycles. The zero-order valence-electron chi connectivity index (χ0n) is 7.03. The fraction of sp³-hybridized carbons (Fsp3) is 0.857. The normalized spacial score (nSPS) is 14.1. The highest BCUT2D eigenvalue weighted by Crippen LogP contribution is 2.21. The molecule has 0 saturated heterocycles. The van der Waals surface area contributed by atoms with Crippen molar-refractivity contribution in [2.24, 2.45) is 5.92 Å². The maximum Gasteiger partial charge on any atom is 0.219 e. The second-order valence-electron chi connectivity index (χ2n) is 3.21. The summed E-state index contributed by atoms with van der Waals surface area (Å²) in [6.45, 7) is 4.76. The number of nitro groups is 1. The first kappa shape index (κ1) is 10.1. The van der Waals surface area contributed by atoms with E-state index in [9.17, 15) is 14.9 Å². The van der Waals surface area contributed by atoms with Crippen LogP contribution in [0.2, 0.25) is 0 Å². The van der Waals surface area contributed by atoms with E-state index < -0.39 is 5.54 Å². The van der Waals surface area contributed by atoms with Crippen LogP contribution in [0.15, 0.2) is 0 Å². The molecule has 0 heterocycles. The molecule has 0 aliphatic heterocycles. The molecule has 11 heavy (non-hydrogen) atoms. The van der Waals surface area contributed by atoms with Gasteiger partial charge in [-0.25, -0.2) is 0 Å². The first-order valence-corrected chi connectivity index (χ1v) is 3.51. The average Bonchev–Trinajstić information content (AvgIpc) is 1.88. The molecule has 0 unspecified atom stereocenters. The van der Waals surface area contributed by atoms with Gasteiger partial charge in [-0.05, 0) is 0 Å². The van der Waals surface area contributed by atoms with Crippen molar-refractivity contribution < 1.29 is 9.72 Å². The second kappa shape index (κ2) is 3.46. The van der Waals surface area contributed by atoms with Crippen LogP contribution >= 0.6 is 0 Å². The van der Waals surface area contributed by atoms with E-state index in [0.29, 0.717) is 0 Å². The van der Waals surface area contributed by atoms with Gasteiger partial charge < -0.3 is 4.79 Å². The first-order chi connectivity index (χ1) is 4.92. The molecule has 0 amide bonds. The highest BCUT2D eigenvalue weighted by molar-refractivity contribution is 5.49. The Hall–Kier alpha value is -0.930. The van der Waals surface area contributed by atoms with Crippen LogP contribution in [0.25, 0.3) is 0 Å². The minimum absolute atomic E-state index is 0.213. The molecular weight excluding hydrogens is 146 g/mol. The van der Waals surface area contributed by atoms with Crippen LogP contribution < -0.4 is 0 Å². The van der Waals surface area contributed by atoms with Gasteiger partial charge in [0.25, 0.3) is 0 Å². The van der Waals surface area contributed by atoms with Crippen molar-refractivity contribution in [2.45, 2.75) is 32.7 Å². The van der Waals surface area contributed by atoms with Crippen molar-refractivity contribution in [3.8, 4) is 0 Å². The smallest absolute Gasteiger partial charge is 0.219 e.